The lowest BCUT2D eigenvalue weighted by atomic mass is 9.92. The number of hydrogen-bond acceptors (Lipinski definition) is 4. The van der Waals surface area contributed by atoms with E-state index in [1.54, 1.807) is 12.1 Å². The number of thioether (sulfide) groups is 1. The van der Waals surface area contributed by atoms with Crippen LogP contribution in [0.3, 0.4) is 0 Å². The van der Waals surface area contributed by atoms with Crippen molar-refractivity contribution < 1.29 is 19.5 Å². The molecule has 0 aromatic heterocycles. The molecule has 4 rings (SSSR count). The Morgan fingerprint density at radius 3 is 2.67 bits per heavy atom. The zero-order valence-electron chi connectivity index (χ0n) is 14.5. The number of benzene rings is 2. The van der Waals surface area contributed by atoms with E-state index in [9.17, 15) is 19.5 Å². The molecule has 7 heteroatoms. The van der Waals surface area contributed by atoms with E-state index in [-0.39, 0.29) is 24.1 Å². The lowest BCUT2D eigenvalue weighted by Crippen LogP contribution is -2.49. The van der Waals surface area contributed by atoms with E-state index in [0.29, 0.717) is 24.2 Å². The third kappa shape index (κ3) is 3.19. The van der Waals surface area contributed by atoms with E-state index >= 15 is 0 Å². The fraction of sp³-hybridized carbons (Fsp3) is 0.250. The normalized spacial score (nSPS) is 18.7. The van der Waals surface area contributed by atoms with Crippen molar-refractivity contribution in [2.45, 2.75) is 17.4 Å². The Morgan fingerprint density at radius 2 is 1.85 bits per heavy atom. The van der Waals surface area contributed by atoms with Crippen LogP contribution in [0.5, 0.6) is 0 Å². The number of carbonyl (C=O) groups excluding carboxylic acids is 2. The quantitative estimate of drug-likeness (QED) is 0.882. The van der Waals surface area contributed by atoms with Gasteiger partial charge in [-0.05, 0) is 29.7 Å². The van der Waals surface area contributed by atoms with Crippen LogP contribution in [0, 0.1) is 0 Å². The van der Waals surface area contributed by atoms with Crippen LogP contribution < -0.4 is 4.90 Å². The maximum Gasteiger partial charge on any atom is 0.331 e. The fourth-order valence-electron chi connectivity index (χ4n) is 3.65. The maximum atomic E-state index is 13.0. The summed E-state index contributed by atoms with van der Waals surface area (Å²) in [4.78, 5) is 41.1. The molecule has 0 spiro atoms. The number of nitrogens with zero attached hydrogens (tertiary/aromatic N) is 2. The van der Waals surface area contributed by atoms with E-state index in [1.165, 1.54) is 21.6 Å². The van der Waals surface area contributed by atoms with Crippen LogP contribution in [0.1, 0.15) is 17.2 Å². The summed E-state index contributed by atoms with van der Waals surface area (Å²) in [5, 5.41) is 9.74. The molecule has 2 aromatic rings. The summed E-state index contributed by atoms with van der Waals surface area (Å²) in [6.45, 7) is 0.174. The van der Waals surface area contributed by atoms with Gasteiger partial charge in [-0.1, -0.05) is 36.4 Å². The smallest absolute Gasteiger partial charge is 0.331 e. The average molecular weight is 382 g/mol. The molecule has 6 nitrogen and oxygen atoms in total. The van der Waals surface area contributed by atoms with E-state index in [2.05, 4.69) is 0 Å². The second-order valence-corrected chi connectivity index (χ2v) is 7.53. The first-order chi connectivity index (χ1) is 13.1. The number of carboxylic acid groups (broad SMARTS) is 1. The predicted octanol–water partition coefficient (Wildman–Crippen LogP) is 2.34. The van der Waals surface area contributed by atoms with Crippen molar-refractivity contribution >= 4 is 35.2 Å². The Bertz CT molecular complexity index is 930. The standard InChI is InChI=1S/C20H18N2O4S/c23-17(11-22-15-7-3-4-8-16(15)27-12-18(22)24)21-10-9-13-5-1-2-6-14(13)19(21)20(25)26/h1-8,19H,9-12H2,(H,25,26). The minimum absolute atomic E-state index is 0.142. The Balaban J connectivity index is 1.62. The van der Waals surface area contributed by atoms with Crippen LogP contribution in [0.15, 0.2) is 53.4 Å². The van der Waals surface area contributed by atoms with Gasteiger partial charge in [-0.15, -0.1) is 11.8 Å². The average Bonchev–Trinajstić information content (AvgIpc) is 2.69. The minimum Gasteiger partial charge on any atom is -0.479 e. The third-order valence-electron chi connectivity index (χ3n) is 4.94. The SMILES string of the molecule is O=C(O)C1c2ccccc2CCN1C(=O)CN1C(=O)CSc2ccccc21. The first kappa shape index (κ1) is 17.6. The number of amides is 2. The Morgan fingerprint density at radius 1 is 1.11 bits per heavy atom. The van der Waals surface area contributed by atoms with Crippen molar-refractivity contribution in [3.05, 3.63) is 59.7 Å². The Hall–Kier alpha value is -2.80. The number of hydrogen-bond donors (Lipinski definition) is 1. The second kappa shape index (κ2) is 7.08. The minimum atomic E-state index is -1.06. The van der Waals surface area contributed by atoms with Crippen molar-refractivity contribution in [2.24, 2.45) is 0 Å². The molecule has 0 saturated heterocycles. The largest absolute Gasteiger partial charge is 0.479 e. The maximum absolute atomic E-state index is 13.0. The van der Waals surface area contributed by atoms with Crippen molar-refractivity contribution in [3.8, 4) is 0 Å². The number of carbonyl (C=O) groups is 3. The molecule has 1 atom stereocenters. The number of aliphatic carboxylic acids is 1. The molecule has 0 bridgehead atoms. The molecule has 2 aliphatic heterocycles. The zero-order chi connectivity index (χ0) is 19.0. The summed E-state index contributed by atoms with van der Waals surface area (Å²) in [7, 11) is 0. The summed E-state index contributed by atoms with van der Waals surface area (Å²) < 4.78 is 0. The highest BCUT2D eigenvalue weighted by molar-refractivity contribution is 8.00. The topological polar surface area (TPSA) is 77.9 Å². The number of para-hydroxylation sites is 1. The van der Waals surface area contributed by atoms with Gasteiger partial charge in [-0.3, -0.25) is 9.59 Å². The van der Waals surface area contributed by atoms with E-state index in [4.69, 9.17) is 0 Å². The van der Waals surface area contributed by atoms with Gasteiger partial charge in [0.05, 0.1) is 11.4 Å². The summed E-state index contributed by atoms with van der Waals surface area (Å²) in [6.07, 6.45) is 0.603. The summed E-state index contributed by atoms with van der Waals surface area (Å²) in [5.74, 6) is -1.28. The van der Waals surface area contributed by atoms with Crippen LogP contribution >= 0.6 is 11.8 Å². The van der Waals surface area contributed by atoms with Crippen LogP contribution in [-0.2, 0) is 20.8 Å². The van der Waals surface area contributed by atoms with Crippen LogP contribution in [0.25, 0.3) is 0 Å². The molecule has 2 amide bonds. The van der Waals surface area contributed by atoms with Crippen LogP contribution in [0.4, 0.5) is 5.69 Å². The van der Waals surface area contributed by atoms with Crippen molar-refractivity contribution in [3.63, 3.8) is 0 Å². The highest BCUT2D eigenvalue weighted by Gasteiger charge is 2.37. The van der Waals surface area contributed by atoms with Gasteiger partial charge in [0.25, 0.3) is 0 Å². The molecule has 138 valence electrons. The van der Waals surface area contributed by atoms with Gasteiger partial charge in [-0.25, -0.2) is 4.79 Å². The predicted molar refractivity (Wildman–Crippen MR) is 102 cm³/mol. The van der Waals surface area contributed by atoms with Crippen LogP contribution in [-0.4, -0.2) is 46.6 Å². The van der Waals surface area contributed by atoms with Gasteiger partial charge in [-0.2, -0.15) is 0 Å². The van der Waals surface area contributed by atoms with E-state index in [0.717, 1.165) is 10.5 Å². The number of rotatable bonds is 3. The van der Waals surface area contributed by atoms with Gasteiger partial charge in [0, 0.05) is 11.4 Å². The lowest BCUT2D eigenvalue weighted by molar-refractivity contribution is -0.150. The Kier molecular flexibility index (Phi) is 4.61. The molecule has 0 radical (unpaired) electrons. The lowest BCUT2D eigenvalue weighted by Gasteiger charge is -2.37. The molecule has 0 saturated carbocycles. The summed E-state index contributed by atoms with van der Waals surface area (Å²) in [6, 6.07) is 13.7. The number of carboxylic acids is 1. The summed E-state index contributed by atoms with van der Waals surface area (Å²) in [5.41, 5.74) is 2.30. The highest BCUT2D eigenvalue weighted by atomic mass is 32.2. The van der Waals surface area contributed by atoms with Gasteiger partial charge in [0.1, 0.15) is 6.54 Å². The van der Waals surface area contributed by atoms with Gasteiger partial charge in [0.2, 0.25) is 11.8 Å². The fourth-order valence-corrected chi connectivity index (χ4v) is 4.59. The number of fused-ring (bicyclic) bond motifs is 2. The first-order valence-electron chi connectivity index (χ1n) is 8.68. The monoisotopic (exact) mass is 382 g/mol. The van der Waals surface area contributed by atoms with Gasteiger partial charge in [0.15, 0.2) is 6.04 Å². The molecular formula is C20H18N2O4S. The molecule has 2 aromatic carbocycles. The molecule has 0 aliphatic carbocycles. The van der Waals surface area contributed by atoms with Crippen molar-refractivity contribution in [1.82, 2.24) is 4.90 Å². The molecular weight excluding hydrogens is 364 g/mol. The van der Waals surface area contributed by atoms with Crippen molar-refractivity contribution in [2.75, 3.05) is 23.7 Å². The highest BCUT2D eigenvalue weighted by Crippen LogP contribution is 2.35. The van der Waals surface area contributed by atoms with E-state index in [1.807, 2.05) is 36.4 Å². The third-order valence-corrected chi connectivity index (χ3v) is 5.99. The zero-order valence-corrected chi connectivity index (χ0v) is 15.3. The number of anilines is 1. The van der Waals surface area contributed by atoms with Gasteiger partial charge < -0.3 is 14.9 Å². The van der Waals surface area contributed by atoms with Crippen LogP contribution in [0.2, 0.25) is 0 Å². The molecule has 2 aliphatic rings. The first-order valence-corrected chi connectivity index (χ1v) is 9.67. The van der Waals surface area contributed by atoms with E-state index < -0.39 is 12.0 Å². The Labute approximate surface area is 160 Å². The molecule has 27 heavy (non-hydrogen) atoms. The molecule has 1 unspecified atom stereocenters. The molecule has 0 fully saturated rings. The van der Waals surface area contributed by atoms with Gasteiger partial charge >= 0.3 is 5.97 Å². The summed E-state index contributed by atoms with van der Waals surface area (Å²) >= 11 is 1.45. The second-order valence-electron chi connectivity index (χ2n) is 6.51. The molecule has 2 heterocycles. The molecule has 1 N–H and O–H groups in total. The van der Waals surface area contributed by atoms with Crippen molar-refractivity contribution in [1.29, 1.82) is 0 Å².